The van der Waals surface area contributed by atoms with E-state index in [1.165, 1.54) is 16.7 Å². The Morgan fingerprint density at radius 3 is 2.22 bits per heavy atom. The zero-order valence-corrected chi connectivity index (χ0v) is 6.23. The van der Waals surface area contributed by atoms with Gasteiger partial charge < -0.3 is 0 Å². The van der Waals surface area contributed by atoms with Gasteiger partial charge in [0.05, 0.1) is 0 Å². The van der Waals surface area contributed by atoms with E-state index in [0.29, 0.717) is 0 Å². The van der Waals surface area contributed by atoms with Gasteiger partial charge in [-0.25, -0.2) is 0 Å². The minimum Gasteiger partial charge on any atom is -0.0689 e. The summed E-state index contributed by atoms with van der Waals surface area (Å²) in [4.78, 5) is 0. The first-order valence-corrected chi connectivity index (χ1v) is 3.24. The summed E-state index contributed by atoms with van der Waals surface area (Å²) in [5, 5.41) is 0. The lowest BCUT2D eigenvalue weighted by Crippen LogP contribution is -1.78. The molecule has 0 fully saturated rings. The van der Waals surface area contributed by atoms with E-state index < -0.39 is 0 Å². The Morgan fingerprint density at radius 2 is 2.00 bits per heavy atom. The molecule has 0 heterocycles. The Morgan fingerprint density at radius 1 is 1.33 bits per heavy atom. The summed E-state index contributed by atoms with van der Waals surface area (Å²) in [5.74, 6) is 0. The number of allylic oxidation sites excluding steroid dienone is 6. The maximum Gasteiger partial charge on any atom is -0.0241 e. The molecule has 0 bridgehead atoms. The molecule has 1 aliphatic rings. The van der Waals surface area contributed by atoms with Crippen LogP contribution >= 0.6 is 0 Å². The van der Waals surface area contributed by atoms with Crippen LogP contribution < -0.4 is 0 Å². The van der Waals surface area contributed by atoms with Crippen molar-refractivity contribution in [2.45, 2.75) is 20.8 Å². The molecule has 0 saturated carbocycles. The number of hydrogen-bond acceptors (Lipinski definition) is 0. The topological polar surface area (TPSA) is 0 Å². The van der Waals surface area contributed by atoms with E-state index in [9.17, 15) is 0 Å². The van der Waals surface area contributed by atoms with E-state index in [-0.39, 0.29) is 0 Å². The van der Waals surface area contributed by atoms with Crippen LogP contribution in [0.25, 0.3) is 0 Å². The lowest BCUT2D eigenvalue weighted by molar-refractivity contribution is 1.30. The third-order valence-electron chi connectivity index (χ3n) is 1.57. The third-order valence-corrected chi connectivity index (χ3v) is 1.57. The molecule has 0 aliphatic heterocycles. The summed E-state index contributed by atoms with van der Waals surface area (Å²) >= 11 is 0. The average molecular weight is 120 g/mol. The molecule has 0 N–H and O–H groups in total. The van der Waals surface area contributed by atoms with Crippen LogP contribution in [0.3, 0.4) is 0 Å². The fourth-order valence-corrected chi connectivity index (χ4v) is 1.07. The second kappa shape index (κ2) is 2.22. The zero-order chi connectivity index (χ0) is 6.85. The molecule has 0 saturated heterocycles. The van der Waals surface area contributed by atoms with Crippen LogP contribution in [-0.2, 0) is 0 Å². The molecule has 0 radical (unpaired) electrons. The summed E-state index contributed by atoms with van der Waals surface area (Å²) < 4.78 is 0. The fraction of sp³-hybridized carbons (Fsp3) is 0.333. The van der Waals surface area contributed by atoms with E-state index in [0.717, 1.165) is 0 Å². The van der Waals surface area contributed by atoms with E-state index in [1.54, 1.807) is 0 Å². The summed E-state index contributed by atoms with van der Waals surface area (Å²) in [6.07, 6.45) is 6.39. The lowest BCUT2D eigenvalue weighted by atomic mass is 10.1. The van der Waals surface area contributed by atoms with Crippen LogP contribution in [0.5, 0.6) is 0 Å². The summed E-state index contributed by atoms with van der Waals surface area (Å²) in [6, 6.07) is 0. The van der Waals surface area contributed by atoms with E-state index in [4.69, 9.17) is 0 Å². The Hall–Kier alpha value is -0.780. The molecule has 1 rings (SSSR count). The molecule has 0 aromatic heterocycles. The molecule has 0 unspecified atom stereocenters. The van der Waals surface area contributed by atoms with Gasteiger partial charge in [-0.2, -0.15) is 0 Å². The quantitative estimate of drug-likeness (QED) is 0.461. The van der Waals surface area contributed by atoms with Crippen molar-refractivity contribution in [3.05, 3.63) is 34.9 Å². The molecule has 0 amide bonds. The van der Waals surface area contributed by atoms with Crippen LogP contribution in [-0.4, -0.2) is 0 Å². The molecular weight excluding hydrogens is 108 g/mol. The molecular formula is C9H12. The van der Waals surface area contributed by atoms with Gasteiger partial charge in [0.15, 0.2) is 0 Å². The monoisotopic (exact) mass is 120 g/mol. The van der Waals surface area contributed by atoms with Crippen LogP contribution in [0.2, 0.25) is 0 Å². The Labute approximate surface area is 56.6 Å². The highest BCUT2D eigenvalue weighted by Crippen LogP contribution is 2.20. The molecule has 0 heteroatoms. The third kappa shape index (κ3) is 1.13. The lowest BCUT2D eigenvalue weighted by Gasteiger charge is -1.98. The molecule has 1 aliphatic carbocycles. The number of hydrogen-bond donors (Lipinski definition) is 0. The van der Waals surface area contributed by atoms with Crippen molar-refractivity contribution < 1.29 is 0 Å². The Balaban J connectivity index is 3.00. The van der Waals surface area contributed by atoms with E-state index in [1.807, 2.05) is 0 Å². The van der Waals surface area contributed by atoms with Crippen LogP contribution in [0.4, 0.5) is 0 Å². The molecule has 48 valence electrons. The molecule has 0 atom stereocenters. The van der Waals surface area contributed by atoms with Crippen molar-refractivity contribution in [2.24, 2.45) is 0 Å². The van der Waals surface area contributed by atoms with E-state index in [2.05, 4.69) is 39.0 Å². The first-order valence-electron chi connectivity index (χ1n) is 3.24. The van der Waals surface area contributed by atoms with E-state index >= 15 is 0 Å². The van der Waals surface area contributed by atoms with Crippen molar-refractivity contribution in [3.63, 3.8) is 0 Å². The summed E-state index contributed by atoms with van der Waals surface area (Å²) in [6.45, 7) is 6.42. The minimum atomic E-state index is 1.38. The minimum absolute atomic E-state index is 1.38. The van der Waals surface area contributed by atoms with Gasteiger partial charge in [0.25, 0.3) is 0 Å². The predicted octanol–water partition coefficient (Wildman–Crippen LogP) is 2.84. The molecule has 9 heavy (non-hydrogen) atoms. The van der Waals surface area contributed by atoms with Gasteiger partial charge in [-0.15, -0.1) is 0 Å². The Kier molecular flexibility index (Phi) is 1.56. The summed E-state index contributed by atoms with van der Waals surface area (Å²) in [7, 11) is 0. The normalized spacial score (nSPS) is 16.3. The van der Waals surface area contributed by atoms with Crippen molar-refractivity contribution >= 4 is 0 Å². The first kappa shape index (κ1) is 6.34. The fourth-order valence-electron chi connectivity index (χ4n) is 1.07. The van der Waals surface area contributed by atoms with Crippen LogP contribution in [0.15, 0.2) is 34.9 Å². The first-order chi connectivity index (χ1) is 4.22. The number of rotatable bonds is 0. The smallest absolute Gasteiger partial charge is 0.0241 e. The van der Waals surface area contributed by atoms with Gasteiger partial charge in [-0.3, -0.25) is 0 Å². The second-order valence-electron chi connectivity index (χ2n) is 2.62. The van der Waals surface area contributed by atoms with Gasteiger partial charge in [-0.05, 0) is 31.9 Å². The van der Waals surface area contributed by atoms with Crippen molar-refractivity contribution in [1.29, 1.82) is 0 Å². The summed E-state index contributed by atoms with van der Waals surface area (Å²) in [5.41, 5.74) is 4.18. The molecule has 0 spiro atoms. The maximum absolute atomic E-state index is 2.16. The molecule has 0 nitrogen and oxygen atoms in total. The standard InChI is InChI=1S/C9H12/c1-7(2)9-6-4-5-8(9)3/h4-6H,1-3H3. The van der Waals surface area contributed by atoms with Gasteiger partial charge >= 0.3 is 0 Å². The van der Waals surface area contributed by atoms with Gasteiger partial charge in [0.1, 0.15) is 0 Å². The largest absolute Gasteiger partial charge is 0.0689 e. The van der Waals surface area contributed by atoms with Crippen molar-refractivity contribution in [2.75, 3.05) is 0 Å². The second-order valence-corrected chi connectivity index (χ2v) is 2.62. The van der Waals surface area contributed by atoms with Crippen molar-refractivity contribution in [3.8, 4) is 0 Å². The van der Waals surface area contributed by atoms with Crippen molar-refractivity contribution in [1.82, 2.24) is 0 Å². The SMILES string of the molecule is CC1=CC=CC1=C(C)C. The van der Waals surface area contributed by atoms with Gasteiger partial charge in [-0.1, -0.05) is 23.8 Å². The highest BCUT2D eigenvalue weighted by atomic mass is 14.1. The maximum atomic E-state index is 2.16. The zero-order valence-electron chi connectivity index (χ0n) is 6.23. The van der Waals surface area contributed by atoms with Gasteiger partial charge in [0, 0.05) is 0 Å². The predicted molar refractivity (Wildman–Crippen MR) is 41.3 cm³/mol. The highest BCUT2D eigenvalue weighted by Gasteiger charge is 2.00. The highest BCUT2D eigenvalue weighted by molar-refractivity contribution is 5.48. The van der Waals surface area contributed by atoms with Crippen LogP contribution in [0.1, 0.15) is 20.8 Å². The molecule has 0 aromatic carbocycles. The Bertz CT molecular complexity index is 198. The van der Waals surface area contributed by atoms with Crippen LogP contribution in [0, 0.1) is 0 Å². The van der Waals surface area contributed by atoms with Gasteiger partial charge in [0.2, 0.25) is 0 Å². The average Bonchev–Trinajstić information content (AvgIpc) is 2.13. The molecule has 0 aromatic rings.